The Bertz CT molecular complexity index is 178. The lowest BCUT2D eigenvalue weighted by molar-refractivity contribution is -0.311. The molecule has 1 aliphatic heterocycles. The van der Waals surface area contributed by atoms with Gasteiger partial charge in [-0.15, -0.1) is 0 Å². The molecule has 0 unspecified atom stereocenters. The molecule has 0 aromatic heterocycles. The number of nitrogens with zero attached hydrogens (tertiary/aromatic N) is 1. The Morgan fingerprint density at radius 2 is 2.40 bits per heavy atom. The second-order valence-electron chi connectivity index (χ2n) is 2.49. The molecule has 4 nitrogen and oxygen atoms in total. The number of carboxylic acid groups (broad SMARTS) is 1. The molecule has 0 radical (unpaired) electrons. The summed E-state index contributed by atoms with van der Waals surface area (Å²) in [7, 11) is 1.59. The van der Waals surface area contributed by atoms with Crippen LogP contribution in [0.3, 0.4) is 0 Å². The Kier molecular flexibility index (Phi) is 1.61. The second-order valence-corrected chi connectivity index (χ2v) is 2.49. The molecule has 4 heteroatoms. The molecule has 0 saturated carbocycles. The van der Waals surface area contributed by atoms with Crippen molar-refractivity contribution in [2.75, 3.05) is 13.6 Å². The molecule has 1 heterocycles. The Hall–Kier alpha value is -1.06. The molecule has 1 rings (SSSR count). The van der Waals surface area contributed by atoms with Crippen LogP contribution in [0.1, 0.15) is 6.42 Å². The van der Waals surface area contributed by atoms with Crippen LogP contribution in [0.4, 0.5) is 0 Å². The lowest BCUT2D eigenvalue weighted by atomic mass is 10.1. The summed E-state index contributed by atoms with van der Waals surface area (Å²) in [5.41, 5.74) is 0. The van der Waals surface area contributed by atoms with Gasteiger partial charge in [0, 0.05) is 31.9 Å². The number of hydrogen-bond acceptors (Lipinski definition) is 3. The summed E-state index contributed by atoms with van der Waals surface area (Å²) in [5, 5.41) is 10.2. The van der Waals surface area contributed by atoms with Crippen molar-refractivity contribution < 1.29 is 14.7 Å². The maximum absolute atomic E-state index is 10.7. The first-order chi connectivity index (χ1) is 4.61. The first-order valence-electron chi connectivity index (χ1n) is 3.06. The van der Waals surface area contributed by atoms with E-state index in [1.165, 1.54) is 4.90 Å². The zero-order valence-corrected chi connectivity index (χ0v) is 5.66. The number of likely N-dealkylation sites (tertiary alicyclic amines) is 1. The number of hydrogen-bond donors (Lipinski definition) is 0. The van der Waals surface area contributed by atoms with Crippen LogP contribution in [-0.2, 0) is 9.59 Å². The van der Waals surface area contributed by atoms with Crippen LogP contribution in [0.15, 0.2) is 0 Å². The molecule has 0 N–H and O–H groups in total. The molecule has 0 aliphatic carbocycles. The molecule has 1 saturated heterocycles. The molecule has 56 valence electrons. The quantitative estimate of drug-likeness (QED) is 0.434. The van der Waals surface area contributed by atoms with E-state index >= 15 is 0 Å². The number of carbonyl (C=O) groups excluding carboxylic acids is 2. The van der Waals surface area contributed by atoms with E-state index in [2.05, 4.69) is 0 Å². The largest absolute Gasteiger partial charge is 0.550 e. The number of rotatable bonds is 1. The van der Waals surface area contributed by atoms with Crippen LogP contribution in [0.25, 0.3) is 0 Å². The summed E-state index contributed by atoms with van der Waals surface area (Å²) in [6.07, 6.45) is 0.0961. The monoisotopic (exact) mass is 142 g/mol. The molecule has 10 heavy (non-hydrogen) atoms. The number of aliphatic carboxylic acids is 1. The van der Waals surface area contributed by atoms with E-state index < -0.39 is 11.9 Å². The first kappa shape index (κ1) is 7.05. The van der Waals surface area contributed by atoms with Crippen molar-refractivity contribution in [1.82, 2.24) is 4.90 Å². The van der Waals surface area contributed by atoms with Crippen molar-refractivity contribution in [2.24, 2.45) is 5.92 Å². The second kappa shape index (κ2) is 2.28. The predicted octanol–water partition coefficient (Wildman–Crippen LogP) is -1.79. The third kappa shape index (κ3) is 1.10. The van der Waals surface area contributed by atoms with E-state index in [9.17, 15) is 14.7 Å². The third-order valence-electron chi connectivity index (χ3n) is 1.67. The van der Waals surface area contributed by atoms with Crippen molar-refractivity contribution >= 4 is 11.9 Å². The van der Waals surface area contributed by atoms with Gasteiger partial charge in [0.15, 0.2) is 0 Å². The van der Waals surface area contributed by atoms with Gasteiger partial charge >= 0.3 is 0 Å². The van der Waals surface area contributed by atoms with Crippen molar-refractivity contribution in [3.05, 3.63) is 0 Å². The van der Waals surface area contributed by atoms with Crippen LogP contribution in [0.5, 0.6) is 0 Å². The highest BCUT2D eigenvalue weighted by atomic mass is 16.4. The van der Waals surface area contributed by atoms with Gasteiger partial charge < -0.3 is 14.8 Å². The Balaban J connectivity index is 2.57. The summed E-state index contributed by atoms with van der Waals surface area (Å²) < 4.78 is 0. The highest BCUT2D eigenvalue weighted by Crippen LogP contribution is 2.14. The molecule has 1 fully saturated rings. The van der Waals surface area contributed by atoms with Crippen LogP contribution in [0.2, 0.25) is 0 Å². The summed E-state index contributed by atoms with van der Waals surface area (Å²) in [4.78, 5) is 22.3. The normalized spacial score (nSPS) is 25.5. The Labute approximate surface area is 58.4 Å². The Morgan fingerprint density at radius 1 is 1.80 bits per heavy atom. The summed E-state index contributed by atoms with van der Waals surface area (Å²) >= 11 is 0. The van der Waals surface area contributed by atoms with Gasteiger partial charge in [-0.05, 0) is 0 Å². The van der Waals surface area contributed by atoms with Gasteiger partial charge in [0.25, 0.3) is 0 Å². The minimum Gasteiger partial charge on any atom is -0.550 e. The van der Waals surface area contributed by atoms with Crippen LogP contribution < -0.4 is 5.11 Å². The minimum atomic E-state index is -1.13. The van der Waals surface area contributed by atoms with Crippen molar-refractivity contribution in [2.45, 2.75) is 6.42 Å². The summed E-state index contributed by atoms with van der Waals surface area (Å²) in [6.45, 7) is 0.293. The summed E-state index contributed by atoms with van der Waals surface area (Å²) in [5.74, 6) is -1.84. The smallest absolute Gasteiger partial charge is 0.223 e. The van der Waals surface area contributed by atoms with Gasteiger partial charge in [-0.3, -0.25) is 4.79 Å². The third-order valence-corrected chi connectivity index (χ3v) is 1.67. The highest BCUT2D eigenvalue weighted by molar-refractivity contribution is 5.85. The molecular formula is C6H8NO3-. The van der Waals surface area contributed by atoms with Gasteiger partial charge in [0.05, 0.1) is 0 Å². The fourth-order valence-electron chi connectivity index (χ4n) is 1.02. The molecule has 1 amide bonds. The molecule has 0 aromatic rings. The van der Waals surface area contributed by atoms with Gasteiger partial charge in [-0.2, -0.15) is 0 Å². The average molecular weight is 142 g/mol. The van der Waals surface area contributed by atoms with Crippen LogP contribution >= 0.6 is 0 Å². The SMILES string of the molecule is CN1C[C@@H](C(=O)[O-])CC1=O. The van der Waals surface area contributed by atoms with Crippen molar-refractivity contribution in [3.63, 3.8) is 0 Å². The van der Waals surface area contributed by atoms with Gasteiger partial charge in [0.1, 0.15) is 0 Å². The Morgan fingerprint density at radius 3 is 2.60 bits per heavy atom. The maximum Gasteiger partial charge on any atom is 0.223 e. The molecule has 0 aromatic carbocycles. The van der Waals surface area contributed by atoms with E-state index in [-0.39, 0.29) is 12.3 Å². The lowest BCUT2D eigenvalue weighted by Gasteiger charge is -2.09. The van der Waals surface area contributed by atoms with E-state index in [1.807, 2.05) is 0 Å². The molecule has 1 atom stereocenters. The molecule has 0 bridgehead atoms. The molecule has 1 aliphatic rings. The van der Waals surface area contributed by atoms with E-state index in [0.29, 0.717) is 6.54 Å². The van der Waals surface area contributed by atoms with Gasteiger partial charge in [0.2, 0.25) is 5.91 Å². The fraction of sp³-hybridized carbons (Fsp3) is 0.667. The zero-order chi connectivity index (χ0) is 7.72. The zero-order valence-electron chi connectivity index (χ0n) is 5.66. The first-order valence-corrected chi connectivity index (χ1v) is 3.06. The average Bonchev–Trinajstić information content (AvgIpc) is 2.13. The lowest BCUT2D eigenvalue weighted by Crippen LogP contribution is -2.32. The maximum atomic E-state index is 10.7. The minimum absolute atomic E-state index is 0.0961. The van der Waals surface area contributed by atoms with Crippen LogP contribution in [0, 0.1) is 5.92 Å². The number of carboxylic acids is 1. The molecule has 0 spiro atoms. The fourth-order valence-corrected chi connectivity index (χ4v) is 1.02. The van der Waals surface area contributed by atoms with Gasteiger partial charge in [-0.1, -0.05) is 0 Å². The molecular weight excluding hydrogens is 134 g/mol. The predicted molar refractivity (Wildman–Crippen MR) is 30.8 cm³/mol. The summed E-state index contributed by atoms with van der Waals surface area (Å²) in [6, 6.07) is 0. The van der Waals surface area contributed by atoms with Crippen molar-refractivity contribution in [1.29, 1.82) is 0 Å². The van der Waals surface area contributed by atoms with Gasteiger partial charge in [-0.25, -0.2) is 0 Å². The number of amides is 1. The topological polar surface area (TPSA) is 60.4 Å². The highest BCUT2D eigenvalue weighted by Gasteiger charge is 2.27. The number of carbonyl (C=O) groups is 2. The van der Waals surface area contributed by atoms with Crippen molar-refractivity contribution in [3.8, 4) is 0 Å². The van der Waals surface area contributed by atoms with E-state index in [1.54, 1.807) is 7.05 Å². The van der Waals surface area contributed by atoms with Crippen LogP contribution in [-0.4, -0.2) is 30.4 Å². The van der Waals surface area contributed by atoms with E-state index in [4.69, 9.17) is 0 Å². The standard InChI is InChI=1S/C6H9NO3/c1-7-3-4(6(9)10)2-5(7)8/h4H,2-3H2,1H3,(H,9,10)/p-1/t4-/m0/s1. The van der Waals surface area contributed by atoms with E-state index in [0.717, 1.165) is 0 Å².